The van der Waals surface area contributed by atoms with Crippen molar-refractivity contribution in [3.63, 3.8) is 0 Å². The molecule has 0 spiro atoms. The summed E-state index contributed by atoms with van der Waals surface area (Å²) >= 11 is 0. The molecule has 1 heterocycles. The number of fused-ring (bicyclic) bond motifs is 1. The second-order valence-corrected chi connectivity index (χ2v) is 4.31. The number of hydrogen-bond acceptors (Lipinski definition) is 1. The highest BCUT2D eigenvalue weighted by molar-refractivity contribution is 5.86. The van der Waals surface area contributed by atoms with E-state index in [0.29, 0.717) is 0 Å². The summed E-state index contributed by atoms with van der Waals surface area (Å²) in [5.74, 6) is 0. The van der Waals surface area contributed by atoms with Gasteiger partial charge in [0, 0.05) is 18.1 Å². The van der Waals surface area contributed by atoms with E-state index in [0.717, 1.165) is 5.52 Å². The standard InChI is InChI=1S/C15H14N2/c1-11-14-9-8-13(10-15(14)16-17(11)2)12-6-4-3-5-7-12/h3-10H,1-2H3. The Morgan fingerprint density at radius 1 is 0.941 bits per heavy atom. The number of nitrogens with zero attached hydrogens (tertiary/aromatic N) is 2. The van der Waals surface area contributed by atoms with E-state index in [4.69, 9.17) is 0 Å². The van der Waals surface area contributed by atoms with Crippen LogP contribution in [0.4, 0.5) is 0 Å². The maximum Gasteiger partial charge on any atom is 0.0932 e. The zero-order valence-corrected chi connectivity index (χ0v) is 10.0. The largest absolute Gasteiger partial charge is 0.272 e. The highest BCUT2D eigenvalue weighted by atomic mass is 15.3. The smallest absolute Gasteiger partial charge is 0.0932 e. The summed E-state index contributed by atoms with van der Waals surface area (Å²) in [6.45, 7) is 2.09. The fourth-order valence-corrected chi connectivity index (χ4v) is 2.14. The molecule has 0 N–H and O–H groups in total. The van der Waals surface area contributed by atoms with Crippen LogP contribution >= 0.6 is 0 Å². The van der Waals surface area contributed by atoms with E-state index in [9.17, 15) is 0 Å². The molecule has 1 aromatic heterocycles. The third-order valence-electron chi connectivity index (χ3n) is 3.24. The molecule has 84 valence electrons. The molecule has 0 bridgehead atoms. The zero-order chi connectivity index (χ0) is 11.8. The maximum atomic E-state index is 4.52. The van der Waals surface area contributed by atoms with Gasteiger partial charge >= 0.3 is 0 Å². The molecular weight excluding hydrogens is 208 g/mol. The number of hydrogen-bond donors (Lipinski definition) is 0. The zero-order valence-electron chi connectivity index (χ0n) is 10.0. The fourth-order valence-electron chi connectivity index (χ4n) is 2.14. The third kappa shape index (κ3) is 1.62. The molecule has 0 unspecified atom stereocenters. The van der Waals surface area contributed by atoms with Crippen molar-refractivity contribution in [1.29, 1.82) is 0 Å². The van der Waals surface area contributed by atoms with Gasteiger partial charge in [-0.3, -0.25) is 4.68 Å². The van der Waals surface area contributed by atoms with E-state index in [-0.39, 0.29) is 0 Å². The molecule has 0 aliphatic rings. The highest BCUT2D eigenvalue weighted by Gasteiger charge is 2.05. The number of benzene rings is 2. The average Bonchev–Trinajstić information content (AvgIpc) is 2.66. The maximum absolute atomic E-state index is 4.52. The molecule has 2 heteroatoms. The third-order valence-corrected chi connectivity index (χ3v) is 3.24. The van der Waals surface area contributed by atoms with Gasteiger partial charge in [-0.05, 0) is 24.1 Å². The quantitative estimate of drug-likeness (QED) is 0.615. The minimum absolute atomic E-state index is 1.06. The molecule has 0 radical (unpaired) electrons. The topological polar surface area (TPSA) is 17.8 Å². The lowest BCUT2D eigenvalue weighted by molar-refractivity contribution is 0.751. The minimum atomic E-state index is 1.06. The normalized spacial score (nSPS) is 10.9. The molecule has 0 fully saturated rings. The summed E-state index contributed by atoms with van der Waals surface area (Å²) in [6, 6.07) is 16.9. The molecule has 0 saturated carbocycles. The Kier molecular flexibility index (Phi) is 2.22. The average molecular weight is 222 g/mol. The lowest BCUT2D eigenvalue weighted by Gasteiger charge is -2.00. The Labute approximate surface area is 101 Å². The van der Waals surface area contributed by atoms with Crippen LogP contribution in [0.25, 0.3) is 22.0 Å². The van der Waals surface area contributed by atoms with Gasteiger partial charge in [0.2, 0.25) is 0 Å². The van der Waals surface area contributed by atoms with Gasteiger partial charge in [0.15, 0.2) is 0 Å². The SMILES string of the molecule is Cc1c2ccc(-c3ccccc3)cc2nn1C. The van der Waals surface area contributed by atoms with Crippen LogP contribution in [0.15, 0.2) is 48.5 Å². The first-order chi connectivity index (χ1) is 8.25. The monoisotopic (exact) mass is 222 g/mol. The molecule has 0 saturated heterocycles. The van der Waals surface area contributed by atoms with E-state index in [1.54, 1.807) is 0 Å². The van der Waals surface area contributed by atoms with E-state index < -0.39 is 0 Å². The van der Waals surface area contributed by atoms with E-state index in [1.807, 2.05) is 17.8 Å². The van der Waals surface area contributed by atoms with Crippen LogP contribution < -0.4 is 0 Å². The summed E-state index contributed by atoms with van der Waals surface area (Å²) in [7, 11) is 1.98. The summed E-state index contributed by atoms with van der Waals surface area (Å²) < 4.78 is 1.93. The van der Waals surface area contributed by atoms with Crippen LogP contribution in [0, 0.1) is 6.92 Å². The second kappa shape index (κ2) is 3.74. The summed E-state index contributed by atoms with van der Waals surface area (Å²) in [5, 5.41) is 5.74. The number of aryl methyl sites for hydroxylation is 2. The molecule has 17 heavy (non-hydrogen) atoms. The van der Waals surface area contributed by atoms with Crippen molar-refractivity contribution in [2.45, 2.75) is 6.92 Å². The van der Waals surface area contributed by atoms with Crippen molar-refractivity contribution in [2.24, 2.45) is 7.05 Å². The van der Waals surface area contributed by atoms with Crippen LogP contribution in [-0.2, 0) is 7.05 Å². The fraction of sp³-hybridized carbons (Fsp3) is 0.133. The minimum Gasteiger partial charge on any atom is -0.272 e. The van der Waals surface area contributed by atoms with Crippen LogP contribution in [0.3, 0.4) is 0 Å². The Morgan fingerprint density at radius 3 is 2.47 bits per heavy atom. The first-order valence-electron chi connectivity index (χ1n) is 5.74. The molecule has 3 rings (SSSR count). The van der Waals surface area contributed by atoms with Crippen LogP contribution in [-0.4, -0.2) is 9.78 Å². The first kappa shape index (κ1) is 10.1. The highest BCUT2D eigenvalue weighted by Crippen LogP contribution is 2.25. The Balaban J connectivity index is 2.21. The summed E-state index contributed by atoms with van der Waals surface area (Å²) in [4.78, 5) is 0. The Hall–Kier alpha value is -2.09. The van der Waals surface area contributed by atoms with E-state index in [2.05, 4.69) is 54.5 Å². The predicted molar refractivity (Wildman–Crippen MR) is 70.9 cm³/mol. The molecular formula is C15H14N2. The van der Waals surface area contributed by atoms with Crippen molar-refractivity contribution < 1.29 is 0 Å². The van der Waals surface area contributed by atoms with Gasteiger partial charge < -0.3 is 0 Å². The molecule has 3 aromatic rings. The Bertz CT molecular complexity index is 666. The van der Waals surface area contributed by atoms with Crippen LogP contribution in [0.2, 0.25) is 0 Å². The van der Waals surface area contributed by atoms with Gasteiger partial charge in [0.05, 0.1) is 5.52 Å². The number of aromatic nitrogens is 2. The first-order valence-corrected chi connectivity index (χ1v) is 5.74. The van der Waals surface area contributed by atoms with Gasteiger partial charge in [0.1, 0.15) is 0 Å². The van der Waals surface area contributed by atoms with E-state index >= 15 is 0 Å². The second-order valence-electron chi connectivity index (χ2n) is 4.31. The summed E-state index contributed by atoms with van der Waals surface area (Å²) in [5.41, 5.74) is 4.72. The van der Waals surface area contributed by atoms with Crippen molar-refractivity contribution in [3.05, 3.63) is 54.2 Å². The summed E-state index contributed by atoms with van der Waals surface area (Å²) in [6.07, 6.45) is 0. The molecule has 0 aliphatic heterocycles. The number of rotatable bonds is 1. The van der Waals surface area contributed by atoms with Gasteiger partial charge in [-0.1, -0.05) is 42.5 Å². The molecule has 2 aromatic carbocycles. The van der Waals surface area contributed by atoms with Gasteiger partial charge in [-0.25, -0.2) is 0 Å². The Morgan fingerprint density at radius 2 is 1.71 bits per heavy atom. The van der Waals surface area contributed by atoms with Gasteiger partial charge in [-0.15, -0.1) is 0 Å². The lowest BCUT2D eigenvalue weighted by Crippen LogP contribution is -1.91. The molecule has 0 atom stereocenters. The molecule has 0 amide bonds. The van der Waals surface area contributed by atoms with Crippen molar-refractivity contribution in [3.8, 4) is 11.1 Å². The molecule has 2 nitrogen and oxygen atoms in total. The van der Waals surface area contributed by atoms with Crippen molar-refractivity contribution >= 4 is 10.9 Å². The predicted octanol–water partition coefficient (Wildman–Crippen LogP) is 3.55. The van der Waals surface area contributed by atoms with Gasteiger partial charge in [-0.2, -0.15) is 5.10 Å². The van der Waals surface area contributed by atoms with Crippen molar-refractivity contribution in [2.75, 3.05) is 0 Å². The lowest BCUT2D eigenvalue weighted by atomic mass is 10.0. The van der Waals surface area contributed by atoms with Crippen LogP contribution in [0.1, 0.15) is 5.69 Å². The van der Waals surface area contributed by atoms with Crippen LogP contribution in [0.5, 0.6) is 0 Å². The van der Waals surface area contributed by atoms with Gasteiger partial charge in [0.25, 0.3) is 0 Å². The molecule has 0 aliphatic carbocycles. The van der Waals surface area contributed by atoms with Crippen molar-refractivity contribution in [1.82, 2.24) is 9.78 Å². The van der Waals surface area contributed by atoms with E-state index in [1.165, 1.54) is 22.2 Å².